The summed E-state index contributed by atoms with van der Waals surface area (Å²) in [6.07, 6.45) is 3.81. The number of hydrogen-bond acceptors (Lipinski definition) is 1. The summed E-state index contributed by atoms with van der Waals surface area (Å²) in [5, 5.41) is 4.24. The van der Waals surface area contributed by atoms with Crippen molar-refractivity contribution in [3.63, 3.8) is 0 Å². The summed E-state index contributed by atoms with van der Waals surface area (Å²) in [4.78, 5) is 0. The van der Waals surface area contributed by atoms with E-state index in [-0.39, 0.29) is 0 Å². The van der Waals surface area contributed by atoms with E-state index in [2.05, 4.69) is 28.0 Å². The van der Waals surface area contributed by atoms with Gasteiger partial charge < -0.3 is 0 Å². The van der Waals surface area contributed by atoms with Crippen LogP contribution < -0.4 is 0 Å². The van der Waals surface area contributed by atoms with Gasteiger partial charge in [-0.3, -0.25) is 4.68 Å². The topological polar surface area (TPSA) is 17.8 Å². The molecule has 0 spiro atoms. The Balaban J connectivity index is 2.80. The third-order valence-electron chi connectivity index (χ3n) is 1.66. The van der Waals surface area contributed by atoms with Gasteiger partial charge in [0.15, 0.2) is 0 Å². The van der Waals surface area contributed by atoms with E-state index >= 15 is 0 Å². The molecule has 1 aromatic rings. The molecule has 0 saturated heterocycles. The van der Waals surface area contributed by atoms with E-state index in [1.165, 1.54) is 5.69 Å². The highest BCUT2D eigenvalue weighted by Crippen LogP contribution is 2.17. The van der Waals surface area contributed by atoms with Crippen molar-refractivity contribution < 1.29 is 0 Å². The van der Waals surface area contributed by atoms with Crippen LogP contribution in [0.15, 0.2) is 10.7 Å². The van der Waals surface area contributed by atoms with Gasteiger partial charge in [-0.15, -0.1) is 11.6 Å². The van der Waals surface area contributed by atoms with Crippen LogP contribution in [-0.2, 0) is 13.0 Å². The lowest BCUT2D eigenvalue weighted by atomic mass is 10.3. The second kappa shape index (κ2) is 4.87. The quantitative estimate of drug-likeness (QED) is 0.753. The van der Waals surface area contributed by atoms with Crippen molar-refractivity contribution in [3.05, 3.63) is 16.4 Å². The Hall–Kier alpha value is -0.0200. The maximum absolute atomic E-state index is 5.68. The Morgan fingerprint density at radius 3 is 3.00 bits per heavy atom. The van der Waals surface area contributed by atoms with E-state index < -0.39 is 0 Å². The number of hydrogen-bond donors (Lipinski definition) is 0. The Labute approximate surface area is 86.0 Å². The minimum absolute atomic E-state index is 0.647. The van der Waals surface area contributed by atoms with E-state index in [0.717, 1.165) is 23.9 Å². The third-order valence-corrected chi connectivity index (χ3v) is 2.52. The number of halogens is 2. The lowest BCUT2D eigenvalue weighted by molar-refractivity contribution is 0.577. The molecule has 0 aliphatic rings. The zero-order valence-electron chi connectivity index (χ0n) is 7.06. The molecule has 0 N–H and O–H groups in total. The summed E-state index contributed by atoms with van der Waals surface area (Å²) in [5.74, 6) is 0.647. The molecule has 0 amide bonds. The molecular formula is C8H12BrClN2. The van der Waals surface area contributed by atoms with Gasteiger partial charge >= 0.3 is 0 Å². The molecule has 0 fully saturated rings. The van der Waals surface area contributed by atoms with Crippen LogP contribution in [0.5, 0.6) is 0 Å². The Kier molecular flexibility index (Phi) is 4.09. The van der Waals surface area contributed by atoms with Gasteiger partial charge in [-0.25, -0.2) is 0 Å². The average molecular weight is 252 g/mol. The second-order valence-corrected chi connectivity index (χ2v) is 3.83. The fraction of sp³-hybridized carbons (Fsp3) is 0.625. The first kappa shape index (κ1) is 10.1. The number of aromatic nitrogens is 2. The molecule has 0 aromatic carbocycles. The summed E-state index contributed by atoms with van der Waals surface area (Å²) in [6.45, 7) is 3.11. The van der Waals surface area contributed by atoms with Crippen LogP contribution >= 0.6 is 27.5 Å². The zero-order valence-corrected chi connectivity index (χ0v) is 9.40. The minimum Gasteiger partial charge on any atom is -0.268 e. The summed E-state index contributed by atoms with van der Waals surface area (Å²) < 4.78 is 3.07. The monoisotopic (exact) mass is 250 g/mol. The van der Waals surface area contributed by atoms with Crippen LogP contribution in [0.1, 0.15) is 19.0 Å². The Morgan fingerprint density at radius 2 is 2.42 bits per heavy atom. The summed E-state index contributed by atoms with van der Waals surface area (Å²) >= 11 is 9.12. The fourth-order valence-electron chi connectivity index (χ4n) is 1.13. The highest BCUT2D eigenvalue weighted by Gasteiger charge is 2.06. The molecule has 0 bridgehead atoms. The van der Waals surface area contributed by atoms with Gasteiger partial charge in [0.2, 0.25) is 0 Å². The van der Waals surface area contributed by atoms with Crippen LogP contribution in [0.2, 0.25) is 0 Å². The predicted octanol–water partition coefficient (Wildman–Crippen LogP) is 2.84. The third kappa shape index (κ3) is 2.23. The Bertz CT molecular complexity index is 247. The first-order valence-electron chi connectivity index (χ1n) is 4.05. The molecule has 68 valence electrons. The van der Waals surface area contributed by atoms with E-state index in [9.17, 15) is 0 Å². The van der Waals surface area contributed by atoms with Gasteiger partial charge in [-0.05, 0) is 22.4 Å². The molecule has 1 rings (SSSR count). The van der Waals surface area contributed by atoms with Crippen LogP contribution in [0.25, 0.3) is 0 Å². The summed E-state index contributed by atoms with van der Waals surface area (Å²) in [5.41, 5.74) is 1.20. The lowest BCUT2D eigenvalue weighted by Crippen LogP contribution is -2.05. The molecular weight excluding hydrogens is 239 g/mol. The van der Waals surface area contributed by atoms with Crippen molar-refractivity contribution in [1.82, 2.24) is 9.78 Å². The largest absolute Gasteiger partial charge is 0.268 e. The van der Waals surface area contributed by atoms with E-state index in [1.54, 1.807) is 0 Å². The first-order chi connectivity index (χ1) is 5.79. The fourth-order valence-corrected chi connectivity index (χ4v) is 1.80. The van der Waals surface area contributed by atoms with Crippen molar-refractivity contribution in [1.29, 1.82) is 0 Å². The molecule has 0 aliphatic carbocycles. The molecule has 0 aliphatic heterocycles. The van der Waals surface area contributed by atoms with E-state index in [1.807, 2.05) is 10.9 Å². The number of nitrogens with zero attached hydrogens (tertiary/aromatic N) is 2. The summed E-state index contributed by atoms with van der Waals surface area (Å²) in [7, 11) is 0. The zero-order chi connectivity index (χ0) is 8.97. The maximum Gasteiger partial charge on any atom is 0.0635 e. The van der Waals surface area contributed by atoms with Gasteiger partial charge in [0.1, 0.15) is 0 Å². The smallest absolute Gasteiger partial charge is 0.0635 e. The lowest BCUT2D eigenvalue weighted by Gasteiger charge is -2.04. The molecule has 1 aromatic heterocycles. The minimum atomic E-state index is 0.647. The molecule has 0 atom stereocenters. The van der Waals surface area contributed by atoms with Crippen LogP contribution in [-0.4, -0.2) is 15.7 Å². The maximum atomic E-state index is 5.68. The Morgan fingerprint density at radius 1 is 1.67 bits per heavy atom. The van der Waals surface area contributed by atoms with Gasteiger partial charge in [-0.1, -0.05) is 6.92 Å². The van der Waals surface area contributed by atoms with Crippen molar-refractivity contribution in [3.8, 4) is 0 Å². The van der Waals surface area contributed by atoms with E-state index in [4.69, 9.17) is 11.6 Å². The van der Waals surface area contributed by atoms with Crippen LogP contribution in [0.4, 0.5) is 0 Å². The molecule has 2 nitrogen and oxygen atoms in total. The van der Waals surface area contributed by atoms with Crippen molar-refractivity contribution in [2.45, 2.75) is 26.3 Å². The van der Waals surface area contributed by atoms with E-state index in [0.29, 0.717) is 5.88 Å². The molecule has 0 unspecified atom stereocenters. The normalized spacial score (nSPS) is 10.6. The van der Waals surface area contributed by atoms with Crippen molar-refractivity contribution in [2.24, 2.45) is 0 Å². The SMILES string of the molecule is CCCn1ncc(Br)c1CCCl. The molecule has 1 heterocycles. The van der Waals surface area contributed by atoms with Gasteiger partial charge in [0.05, 0.1) is 16.4 Å². The molecule has 0 radical (unpaired) electrons. The highest BCUT2D eigenvalue weighted by molar-refractivity contribution is 9.10. The first-order valence-corrected chi connectivity index (χ1v) is 5.38. The second-order valence-electron chi connectivity index (χ2n) is 2.60. The van der Waals surface area contributed by atoms with Crippen molar-refractivity contribution in [2.75, 3.05) is 5.88 Å². The van der Waals surface area contributed by atoms with Crippen LogP contribution in [0, 0.1) is 0 Å². The van der Waals surface area contributed by atoms with Gasteiger partial charge in [0, 0.05) is 18.8 Å². The molecule has 12 heavy (non-hydrogen) atoms. The highest BCUT2D eigenvalue weighted by atomic mass is 79.9. The van der Waals surface area contributed by atoms with Crippen LogP contribution in [0.3, 0.4) is 0 Å². The number of aryl methyl sites for hydroxylation is 1. The number of alkyl halides is 1. The van der Waals surface area contributed by atoms with Gasteiger partial charge in [-0.2, -0.15) is 5.10 Å². The number of rotatable bonds is 4. The standard InChI is InChI=1S/C8H12BrClN2/c1-2-5-12-8(3-4-10)7(9)6-11-12/h6H,2-5H2,1H3. The molecule has 0 saturated carbocycles. The van der Waals surface area contributed by atoms with Gasteiger partial charge in [0.25, 0.3) is 0 Å². The van der Waals surface area contributed by atoms with Crippen molar-refractivity contribution >= 4 is 27.5 Å². The predicted molar refractivity (Wildman–Crippen MR) is 54.6 cm³/mol. The molecule has 4 heteroatoms. The average Bonchev–Trinajstić information content (AvgIpc) is 2.37. The summed E-state index contributed by atoms with van der Waals surface area (Å²) in [6, 6.07) is 0.